The SMILES string of the molecule is Cc1cccc(COc2ccc(C3CC(=O)N(c4cc(C)cc(C)c4)C4=C3C(=O)OC4)cc2)c1. The molecule has 5 nitrogen and oxygen atoms in total. The number of ether oxygens (including phenoxy) is 2. The van der Waals surface area contributed by atoms with Crippen LogP contribution in [0.3, 0.4) is 0 Å². The van der Waals surface area contributed by atoms with Gasteiger partial charge in [0.25, 0.3) is 0 Å². The van der Waals surface area contributed by atoms with Crippen LogP contribution in [0.1, 0.15) is 40.2 Å². The van der Waals surface area contributed by atoms with Gasteiger partial charge in [-0.15, -0.1) is 0 Å². The molecule has 0 N–H and O–H groups in total. The Morgan fingerprint density at radius 2 is 1.65 bits per heavy atom. The minimum atomic E-state index is -0.346. The van der Waals surface area contributed by atoms with E-state index in [1.54, 1.807) is 4.90 Å². The predicted molar refractivity (Wildman–Crippen MR) is 131 cm³/mol. The van der Waals surface area contributed by atoms with Gasteiger partial charge in [-0.2, -0.15) is 0 Å². The van der Waals surface area contributed by atoms with Crippen LogP contribution in [0.25, 0.3) is 0 Å². The molecule has 0 saturated carbocycles. The first-order valence-corrected chi connectivity index (χ1v) is 11.5. The van der Waals surface area contributed by atoms with Gasteiger partial charge < -0.3 is 9.47 Å². The van der Waals surface area contributed by atoms with Crippen LogP contribution in [0.2, 0.25) is 0 Å². The molecule has 3 aromatic rings. The summed E-state index contributed by atoms with van der Waals surface area (Å²) in [6.45, 7) is 6.66. The molecule has 0 fully saturated rings. The van der Waals surface area contributed by atoms with Crippen molar-refractivity contribution in [3.05, 3.63) is 106 Å². The predicted octanol–water partition coefficient (Wildman–Crippen LogP) is 5.52. The lowest BCUT2D eigenvalue weighted by molar-refractivity contribution is -0.136. The molecule has 0 bridgehead atoms. The van der Waals surface area contributed by atoms with E-state index in [1.165, 1.54) is 5.56 Å². The maximum atomic E-state index is 13.3. The van der Waals surface area contributed by atoms with Gasteiger partial charge in [0.2, 0.25) is 5.91 Å². The van der Waals surface area contributed by atoms with Gasteiger partial charge in [-0.1, -0.05) is 48.0 Å². The van der Waals surface area contributed by atoms with Crippen LogP contribution in [0.4, 0.5) is 5.69 Å². The van der Waals surface area contributed by atoms with Gasteiger partial charge in [0.15, 0.2) is 0 Å². The molecule has 0 aliphatic carbocycles. The van der Waals surface area contributed by atoms with Crippen LogP contribution >= 0.6 is 0 Å². The number of amides is 1. The number of carbonyl (C=O) groups is 2. The van der Waals surface area contributed by atoms with E-state index in [0.29, 0.717) is 17.9 Å². The third-order valence-corrected chi connectivity index (χ3v) is 6.35. The highest BCUT2D eigenvalue weighted by molar-refractivity contribution is 6.06. The quantitative estimate of drug-likeness (QED) is 0.477. The molecule has 1 unspecified atom stereocenters. The Morgan fingerprint density at radius 3 is 2.35 bits per heavy atom. The van der Waals surface area contributed by atoms with Gasteiger partial charge in [-0.05, 0) is 67.3 Å². The normalized spacial score (nSPS) is 17.6. The Hall–Kier alpha value is -3.86. The average Bonchev–Trinajstić information content (AvgIpc) is 3.18. The molecule has 0 saturated heterocycles. The van der Waals surface area contributed by atoms with Gasteiger partial charge in [-0.3, -0.25) is 9.69 Å². The van der Waals surface area contributed by atoms with E-state index in [4.69, 9.17) is 9.47 Å². The maximum absolute atomic E-state index is 13.3. The second kappa shape index (κ2) is 8.82. The highest BCUT2D eigenvalue weighted by Crippen LogP contribution is 2.42. The summed E-state index contributed by atoms with van der Waals surface area (Å²) in [7, 11) is 0. The first-order valence-electron chi connectivity index (χ1n) is 11.5. The van der Waals surface area contributed by atoms with Crippen LogP contribution in [-0.2, 0) is 20.9 Å². The lowest BCUT2D eigenvalue weighted by Crippen LogP contribution is -2.37. The molecular weight excluding hydrogens is 426 g/mol. The molecule has 2 aliphatic rings. The van der Waals surface area contributed by atoms with Gasteiger partial charge in [0.05, 0.1) is 11.3 Å². The van der Waals surface area contributed by atoms with Crippen molar-refractivity contribution in [3.63, 3.8) is 0 Å². The molecule has 2 aliphatic heterocycles. The van der Waals surface area contributed by atoms with E-state index in [0.717, 1.165) is 33.7 Å². The average molecular weight is 454 g/mol. The third-order valence-electron chi connectivity index (χ3n) is 6.35. The molecule has 0 aromatic heterocycles. The number of anilines is 1. The smallest absolute Gasteiger partial charge is 0.336 e. The van der Waals surface area contributed by atoms with Crippen LogP contribution in [0.5, 0.6) is 5.75 Å². The number of cyclic esters (lactones) is 1. The number of benzene rings is 3. The van der Waals surface area contributed by atoms with Crippen LogP contribution in [0.15, 0.2) is 78.0 Å². The number of rotatable bonds is 5. The van der Waals surface area contributed by atoms with Crippen molar-refractivity contribution >= 4 is 17.6 Å². The molecule has 3 aromatic carbocycles. The number of hydrogen-bond acceptors (Lipinski definition) is 4. The molecular formula is C29H27NO4. The minimum absolute atomic E-state index is 0.0353. The summed E-state index contributed by atoms with van der Waals surface area (Å²) in [5.41, 5.74) is 7.35. The second-order valence-electron chi connectivity index (χ2n) is 9.12. The Labute approximate surface area is 199 Å². The van der Waals surface area contributed by atoms with Gasteiger partial charge in [0, 0.05) is 18.0 Å². The number of aryl methyl sites for hydroxylation is 3. The van der Waals surface area contributed by atoms with Crippen molar-refractivity contribution in [2.24, 2.45) is 0 Å². The minimum Gasteiger partial charge on any atom is -0.489 e. The molecule has 5 rings (SSSR count). The maximum Gasteiger partial charge on any atom is 0.336 e. The highest BCUT2D eigenvalue weighted by atomic mass is 16.5. The van der Waals surface area contributed by atoms with E-state index in [1.807, 2.05) is 62.4 Å². The number of hydrogen-bond donors (Lipinski definition) is 0. The molecule has 1 amide bonds. The van der Waals surface area contributed by atoms with E-state index in [2.05, 4.69) is 25.1 Å². The molecule has 0 spiro atoms. The third kappa shape index (κ3) is 4.21. The molecule has 2 heterocycles. The molecule has 172 valence electrons. The van der Waals surface area contributed by atoms with E-state index in [9.17, 15) is 9.59 Å². The first kappa shape index (κ1) is 22.0. The second-order valence-corrected chi connectivity index (χ2v) is 9.12. The highest BCUT2D eigenvalue weighted by Gasteiger charge is 2.43. The summed E-state index contributed by atoms with van der Waals surface area (Å²) in [5, 5.41) is 0. The fourth-order valence-corrected chi connectivity index (χ4v) is 4.88. The van der Waals surface area contributed by atoms with E-state index < -0.39 is 0 Å². The summed E-state index contributed by atoms with van der Waals surface area (Å²) >= 11 is 0. The standard InChI is InChI=1S/C29H27NO4/c1-18-5-4-6-21(12-18)16-33-24-9-7-22(8-10-24)25-15-27(31)30(26-17-34-29(32)28(25)26)23-13-19(2)11-20(3)14-23/h4-14,25H,15-17H2,1-3H3. The van der Waals surface area contributed by atoms with Crippen LogP contribution in [-0.4, -0.2) is 18.5 Å². The molecule has 1 atom stereocenters. The zero-order valence-corrected chi connectivity index (χ0v) is 19.6. The summed E-state index contributed by atoms with van der Waals surface area (Å²) in [6.07, 6.45) is 0.213. The monoisotopic (exact) mass is 453 g/mol. The van der Waals surface area contributed by atoms with Crippen LogP contribution in [0, 0.1) is 20.8 Å². The number of nitrogens with zero attached hydrogens (tertiary/aromatic N) is 1. The van der Waals surface area contributed by atoms with Gasteiger partial charge in [0.1, 0.15) is 19.0 Å². The fourth-order valence-electron chi connectivity index (χ4n) is 4.88. The zero-order valence-electron chi connectivity index (χ0n) is 19.6. The van der Waals surface area contributed by atoms with Crippen molar-refractivity contribution in [2.75, 3.05) is 11.5 Å². The largest absolute Gasteiger partial charge is 0.489 e. The summed E-state index contributed by atoms with van der Waals surface area (Å²) < 4.78 is 11.3. The van der Waals surface area contributed by atoms with Crippen LogP contribution < -0.4 is 9.64 Å². The fraction of sp³-hybridized carbons (Fsp3) is 0.241. The van der Waals surface area contributed by atoms with Crippen molar-refractivity contribution in [1.29, 1.82) is 0 Å². The Kier molecular flexibility index (Phi) is 5.70. The van der Waals surface area contributed by atoms with E-state index in [-0.39, 0.29) is 30.8 Å². The number of esters is 1. The summed E-state index contributed by atoms with van der Waals surface area (Å²) in [6, 6.07) is 21.9. The Bertz CT molecular complexity index is 1290. The summed E-state index contributed by atoms with van der Waals surface area (Å²) in [5.74, 6) is 0.0337. The van der Waals surface area contributed by atoms with Gasteiger partial charge >= 0.3 is 5.97 Å². The Balaban J connectivity index is 1.41. The van der Waals surface area contributed by atoms with E-state index >= 15 is 0 Å². The van der Waals surface area contributed by atoms with Crippen molar-refractivity contribution in [1.82, 2.24) is 0 Å². The molecule has 0 radical (unpaired) electrons. The zero-order chi connectivity index (χ0) is 23.8. The van der Waals surface area contributed by atoms with Crippen molar-refractivity contribution in [2.45, 2.75) is 39.7 Å². The lowest BCUT2D eigenvalue weighted by Gasteiger charge is -2.32. The van der Waals surface area contributed by atoms with Crippen molar-refractivity contribution < 1.29 is 19.1 Å². The first-order chi connectivity index (χ1) is 16.4. The summed E-state index contributed by atoms with van der Waals surface area (Å²) in [4.78, 5) is 27.7. The Morgan fingerprint density at radius 1 is 0.912 bits per heavy atom. The van der Waals surface area contributed by atoms with Gasteiger partial charge in [-0.25, -0.2) is 4.79 Å². The lowest BCUT2D eigenvalue weighted by atomic mass is 9.84. The number of carbonyl (C=O) groups excluding carboxylic acids is 2. The van der Waals surface area contributed by atoms with Crippen molar-refractivity contribution in [3.8, 4) is 5.75 Å². The topological polar surface area (TPSA) is 55.8 Å². The molecule has 5 heteroatoms. The molecule has 34 heavy (non-hydrogen) atoms.